The van der Waals surface area contributed by atoms with Crippen LogP contribution < -0.4 is 16.0 Å². The first-order chi connectivity index (χ1) is 13.0. The van der Waals surface area contributed by atoms with Crippen molar-refractivity contribution in [3.8, 4) is 0 Å². The lowest BCUT2D eigenvalue weighted by Gasteiger charge is -2.37. The molecule has 0 spiro atoms. The van der Waals surface area contributed by atoms with Crippen LogP contribution >= 0.6 is 0 Å². The first-order valence-electron chi connectivity index (χ1n) is 9.16. The highest BCUT2D eigenvalue weighted by molar-refractivity contribution is 5.91. The van der Waals surface area contributed by atoms with Crippen LogP contribution in [0.1, 0.15) is 45.4 Å². The molecule has 8 heteroatoms. The van der Waals surface area contributed by atoms with Gasteiger partial charge >= 0.3 is 18.1 Å². The Morgan fingerprint density at radius 2 is 1.59 bits per heavy atom. The number of carbonyl (C=O) groups excluding carboxylic acids is 3. The third-order valence-corrected chi connectivity index (χ3v) is 4.56. The van der Waals surface area contributed by atoms with Crippen LogP contribution in [-0.2, 0) is 14.3 Å². The van der Waals surface area contributed by atoms with Crippen molar-refractivity contribution in [3.05, 3.63) is 24.3 Å². The minimum absolute atomic E-state index is 0.166. The first-order valence-corrected chi connectivity index (χ1v) is 9.16. The number of rotatable bonds is 6. The van der Waals surface area contributed by atoms with E-state index in [2.05, 4.69) is 16.0 Å². The van der Waals surface area contributed by atoms with Gasteiger partial charge in [0.25, 0.3) is 0 Å². The molecule has 0 aliphatic heterocycles. The zero-order valence-electron chi connectivity index (χ0n) is 15.8. The maximum Gasteiger partial charge on any atom is 0.411 e. The van der Waals surface area contributed by atoms with Crippen molar-refractivity contribution < 1.29 is 23.9 Å². The fourth-order valence-corrected chi connectivity index (χ4v) is 3.25. The molecule has 1 saturated carbocycles. The SMILES string of the molecule is CCOC(=O)Nc1ccc(NC(=O)NC2(CC(=O)OC)CCCCC2)cc1. The second kappa shape index (κ2) is 9.80. The van der Waals surface area contributed by atoms with Gasteiger partial charge < -0.3 is 20.1 Å². The van der Waals surface area contributed by atoms with E-state index in [-0.39, 0.29) is 18.4 Å². The van der Waals surface area contributed by atoms with E-state index in [0.717, 1.165) is 32.1 Å². The summed E-state index contributed by atoms with van der Waals surface area (Å²) in [5.74, 6) is -0.327. The van der Waals surface area contributed by atoms with Crippen LogP contribution in [0, 0.1) is 0 Å². The second-order valence-electron chi connectivity index (χ2n) is 6.60. The van der Waals surface area contributed by atoms with Crippen LogP contribution in [0.15, 0.2) is 24.3 Å². The fraction of sp³-hybridized carbons (Fsp3) is 0.526. The molecule has 0 saturated heterocycles. The highest BCUT2D eigenvalue weighted by Crippen LogP contribution is 2.31. The average Bonchev–Trinajstić information content (AvgIpc) is 2.64. The van der Waals surface area contributed by atoms with Crippen LogP contribution in [-0.4, -0.2) is 37.3 Å². The molecule has 0 radical (unpaired) electrons. The monoisotopic (exact) mass is 377 g/mol. The van der Waals surface area contributed by atoms with Gasteiger partial charge in [-0.2, -0.15) is 0 Å². The molecule has 0 aromatic heterocycles. The largest absolute Gasteiger partial charge is 0.469 e. The molecular weight excluding hydrogens is 350 g/mol. The third kappa shape index (κ3) is 6.47. The van der Waals surface area contributed by atoms with Crippen LogP contribution in [0.3, 0.4) is 0 Å². The Morgan fingerprint density at radius 1 is 1.00 bits per heavy atom. The lowest BCUT2D eigenvalue weighted by molar-refractivity contribution is -0.142. The zero-order valence-corrected chi connectivity index (χ0v) is 15.8. The molecule has 1 aliphatic carbocycles. The predicted octanol–water partition coefficient (Wildman–Crippen LogP) is 3.64. The summed E-state index contributed by atoms with van der Waals surface area (Å²) in [6.07, 6.45) is 4.16. The van der Waals surface area contributed by atoms with Gasteiger partial charge in [-0.25, -0.2) is 9.59 Å². The average molecular weight is 377 g/mol. The molecule has 148 valence electrons. The molecule has 1 aromatic rings. The normalized spacial score (nSPS) is 15.3. The number of esters is 1. The summed E-state index contributed by atoms with van der Waals surface area (Å²) in [4.78, 5) is 35.6. The molecule has 0 unspecified atom stereocenters. The van der Waals surface area contributed by atoms with Crippen LogP contribution in [0.5, 0.6) is 0 Å². The molecule has 1 fully saturated rings. The van der Waals surface area contributed by atoms with E-state index in [1.165, 1.54) is 7.11 Å². The standard InChI is InChI=1S/C19H27N3O5/c1-3-27-18(25)21-15-9-7-14(8-10-15)20-17(24)22-19(13-16(23)26-2)11-5-4-6-12-19/h7-10H,3-6,11-13H2,1-2H3,(H,21,25)(H2,20,22,24). The van der Waals surface area contributed by atoms with Crippen molar-refractivity contribution >= 4 is 29.5 Å². The van der Waals surface area contributed by atoms with E-state index in [1.807, 2.05) is 0 Å². The van der Waals surface area contributed by atoms with Gasteiger partial charge in [0.15, 0.2) is 0 Å². The highest BCUT2D eigenvalue weighted by Gasteiger charge is 2.36. The van der Waals surface area contributed by atoms with Crippen molar-refractivity contribution in [2.24, 2.45) is 0 Å². The van der Waals surface area contributed by atoms with Gasteiger partial charge in [0.2, 0.25) is 0 Å². The Hall–Kier alpha value is -2.77. The van der Waals surface area contributed by atoms with E-state index >= 15 is 0 Å². The molecule has 8 nitrogen and oxygen atoms in total. The minimum Gasteiger partial charge on any atom is -0.469 e. The molecule has 3 amide bonds. The van der Waals surface area contributed by atoms with Gasteiger partial charge in [-0.15, -0.1) is 0 Å². The van der Waals surface area contributed by atoms with E-state index in [1.54, 1.807) is 31.2 Å². The quantitative estimate of drug-likeness (QED) is 0.656. The van der Waals surface area contributed by atoms with Crippen LogP contribution in [0.2, 0.25) is 0 Å². The molecule has 3 N–H and O–H groups in total. The van der Waals surface area contributed by atoms with Gasteiger partial charge in [0, 0.05) is 11.4 Å². The molecule has 27 heavy (non-hydrogen) atoms. The van der Waals surface area contributed by atoms with Gasteiger partial charge in [-0.05, 0) is 44.0 Å². The Labute approximate surface area is 159 Å². The van der Waals surface area contributed by atoms with Gasteiger partial charge in [0.1, 0.15) is 0 Å². The Bertz CT molecular complexity index is 654. The number of methoxy groups -OCH3 is 1. The van der Waals surface area contributed by atoms with Crippen molar-refractivity contribution in [2.75, 3.05) is 24.4 Å². The molecule has 0 bridgehead atoms. The maximum atomic E-state index is 12.4. The number of benzene rings is 1. The Kier molecular flexibility index (Phi) is 7.45. The zero-order chi connectivity index (χ0) is 19.7. The van der Waals surface area contributed by atoms with Crippen molar-refractivity contribution in [2.45, 2.75) is 51.0 Å². The van der Waals surface area contributed by atoms with Crippen molar-refractivity contribution in [3.63, 3.8) is 0 Å². The molecule has 1 aromatic carbocycles. The van der Waals surface area contributed by atoms with Gasteiger partial charge in [-0.3, -0.25) is 10.1 Å². The third-order valence-electron chi connectivity index (χ3n) is 4.56. The Morgan fingerprint density at radius 3 is 2.15 bits per heavy atom. The van der Waals surface area contributed by atoms with Gasteiger partial charge in [0.05, 0.1) is 25.7 Å². The van der Waals surface area contributed by atoms with E-state index in [4.69, 9.17) is 9.47 Å². The summed E-state index contributed by atoms with van der Waals surface area (Å²) in [5, 5.41) is 8.32. The second-order valence-corrected chi connectivity index (χ2v) is 6.60. The summed E-state index contributed by atoms with van der Waals surface area (Å²) in [6, 6.07) is 6.31. The van der Waals surface area contributed by atoms with Crippen molar-refractivity contribution in [1.82, 2.24) is 5.32 Å². The molecule has 0 atom stereocenters. The predicted molar refractivity (Wildman–Crippen MR) is 102 cm³/mol. The highest BCUT2D eigenvalue weighted by atomic mass is 16.5. The number of carbonyl (C=O) groups is 3. The number of ether oxygens (including phenoxy) is 2. The maximum absolute atomic E-state index is 12.4. The molecular formula is C19H27N3O5. The number of hydrogen-bond donors (Lipinski definition) is 3. The number of amides is 3. The summed E-state index contributed by atoms with van der Waals surface area (Å²) in [7, 11) is 1.35. The molecule has 0 heterocycles. The summed E-state index contributed by atoms with van der Waals surface area (Å²) >= 11 is 0. The van der Waals surface area contributed by atoms with E-state index in [9.17, 15) is 14.4 Å². The lowest BCUT2D eigenvalue weighted by atomic mass is 9.79. The first kappa shape index (κ1) is 20.5. The number of anilines is 2. The Balaban J connectivity index is 1.94. The van der Waals surface area contributed by atoms with Crippen LogP contribution in [0.4, 0.5) is 21.0 Å². The number of urea groups is 1. The summed E-state index contributed by atoms with van der Waals surface area (Å²) < 4.78 is 9.59. The van der Waals surface area contributed by atoms with Crippen LogP contribution in [0.25, 0.3) is 0 Å². The molecule has 2 rings (SSSR count). The smallest absolute Gasteiger partial charge is 0.411 e. The summed E-state index contributed by atoms with van der Waals surface area (Å²) in [6.45, 7) is 2.02. The van der Waals surface area contributed by atoms with E-state index < -0.39 is 11.6 Å². The lowest BCUT2D eigenvalue weighted by Crippen LogP contribution is -2.52. The summed E-state index contributed by atoms with van der Waals surface area (Å²) in [5.41, 5.74) is 0.570. The fourth-order valence-electron chi connectivity index (χ4n) is 3.25. The number of nitrogens with one attached hydrogen (secondary N) is 3. The minimum atomic E-state index is -0.569. The molecule has 1 aliphatic rings. The van der Waals surface area contributed by atoms with Crippen molar-refractivity contribution in [1.29, 1.82) is 0 Å². The topological polar surface area (TPSA) is 106 Å². The number of hydrogen-bond acceptors (Lipinski definition) is 5. The van der Waals surface area contributed by atoms with E-state index in [0.29, 0.717) is 18.0 Å². The van der Waals surface area contributed by atoms with Gasteiger partial charge in [-0.1, -0.05) is 19.3 Å².